The van der Waals surface area contributed by atoms with E-state index in [0.29, 0.717) is 0 Å². The highest BCUT2D eigenvalue weighted by Crippen LogP contribution is 2.51. The summed E-state index contributed by atoms with van der Waals surface area (Å²) in [7, 11) is 0. The van der Waals surface area contributed by atoms with Crippen molar-refractivity contribution in [3.05, 3.63) is 188 Å². The summed E-state index contributed by atoms with van der Waals surface area (Å²) in [6, 6.07) is 68.8. The minimum atomic E-state index is 1.17. The van der Waals surface area contributed by atoms with E-state index in [1.807, 2.05) is 23.5 Å². The summed E-state index contributed by atoms with van der Waals surface area (Å²) in [4.78, 5) is 5.02. The number of para-hydroxylation sites is 2. The van der Waals surface area contributed by atoms with Crippen LogP contribution in [0.15, 0.2) is 208 Å². The Morgan fingerprint density at radius 3 is 1.73 bits per heavy atom. The van der Waals surface area contributed by atoms with Gasteiger partial charge in [0, 0.05) is 41.6 Å². The van der Waals surface area contributed by atoms with Crippen LogP contribution in [0, 0.1) is 0 Å². The smallest absolute Gasteiger partial charge is 0.0541 e. The van der Waals surface area contributed by atoms with E-state index in [1.54, 1.807) is 0 Å². The van der Waals surface area contributed by atoms with Crippen LogP contribution >= 0.6 is 23.5 Å². The Balaban J connectivity index is 1.19. The van der Waals surface area contributed by atoms with Crippen molar-refractivity contribution in [2.75, 3.05) is 0 Å². The Kier molecular flexibility index (Phi) is 7.41. The Morgan fingerprint density at radius 2 is 0.882 bits per heavy atom. The van der Waals surface area contributed by atoms with Crippen molar-refractivity contribution in [1.82, 2.24) is 4.57 Å². The molecule has 0 saturated heterocycles. The van der Waals surface area contributed by atoms with E-state index in [-0.39, 0.29) is 0 Å². The van der Waals surface area contributed by atoms with Gasteiger partial charge in [-0.1, -0.05) is 157 Å². The van der Waals surface area contributed by atoms with E-state index in [4.69, 9.17) is 0 Å². The highest BCUT2D eigenvalue weighted by atomic mass is 32.2. The van der Waals surface area contributed by atoms with E-state index in [1.165, 1.54) is 91.6 Å². The molecule has 9 aromatic rings. The average molecular weight is 686 g/mol. The third-order valence-electron chi connectivity index (χ3n) is 9.89. The first-order chi connectivity index (χ1) is 25.3. The molecule has 1 aliphatic rings. The Labute approximate surface area is 306 Å². The molecule has 0 unspecified atom stereocenters. The number of fused-ring (bicyclic) bond motifs is 9. The van der Waals surface area contributed by atoms with Gasteiger partial charge in [0.1, 0.15) is 0 Å². The van der Waals surface area contributed by atoms with E-state index in [0.717, 1.165) is 0 Å². The zero-order valence-electron chi connectivity index (χ0n) is 27.7. The molecule has 240 valence electrons. The molecule has 10 rings (SSSR count). The van der Waals surface area contributed by atoms with Crippen LogP contribution in [0.1, 0.15) is 0 Å². The van der Waals surface area contributed by atoms with Crippen LogP contribution in [0.2, 0.25) is 0 Å². The lowest BCUT2D eigenvalue weighted by Crippen LogP contribution is -1.95. The van der Waals surface area contributed by atoms with Gasteiger partial charge in [-0.2, -0.15) is 0 Å². The molecule has 0 bridgehead atoms. The summed E-state index contributed by atoms with van der Waals surface area (Å²) in [5, 5.41) is 2.52. The van der Waals surface area contributed by atoms with Crippen LogP contribution < -0.4 is 0 Å². The van der Waals surface area contributed by atoms with E-state index >= 15 is 0 Å². The third kappa shape index (κ3) is 5.20. The number of benzene rings is 8. The molecule has 8 aromatic carbocycles. The molecule has 3 heteroatoms. The van der Waals surface area contributed by atoms with Gasteiger partial charge in [0.15, 0.2) is 0 Å². The topological polar surface area (TPSA) is 4.93 Å². The number of hydrogen-bond acceptors (Lipinski definition) is 2. The summed E-state index contributed by atoms with van der Waals surface area (Å²) in [5.41, 5.74) is 13.6. The summed E-state index contributed by atoms with van der Waals surface area (Å²) in [6.07, 6.45) is 0. The molecule has 0 saturated carbocycles. The monoisotopic (exact) mass is 685 g/mol. The molecule has 0 radical (unpaired) electrons. The summed E-state index contributed by atoms with van der Waals surface area (Å²) in [5.74, 6) is 0. The maximum atomic E-state index is 2.41. The SMILES string of the molecule is c1ccc(-c2cccc3c2-c2ccccc2Sc2ccccc2-c2ccc(-c4ccc5c(c4)c4ccccc4n5-c4ccccc4)cc2S3)cc1. The summed E-state index contributed by atoms with van der Waals surface area (Å²) in [6.45, 7) is 0. The molecule has 1 aromatic heterocycles. The molecule has 0 atom stereocenters. The quantitative estimate of drug-likeness (QED) is 0.182. The van der Waals surface area contributed by atoms with Crippen molar-refractivity contribution in [3.8, 4) is 50.2 Å². The molecule has 0 spiro atoms. The van der Waals surface area contributed by atoms with Gasteiger partial charge in [0.25, 0.3) is 0 Å². The van der Waals surface area contributed by atoms with Gasteiger partial charge in [0.05, 0.1) is 11.0 Å². The predicted molar refractivity (Wildman–Crippen MR) is 217 cm³/mol. The third-order valence-corrected chi connectivity index (χ3v) is 12.2. The fraction of sp³-hybridized carbons (Fsp3) is 0. The van der Waals surface area contributed by atoms with Gasteiger partial charge in [0.2, 0.25) is 0 Å². The second kappa shape index (κ2) is 12.5. The van der Waals surface area contributed by atoms with Crippen LogP contribution in [0.3, 0.4) is 0 Å². The van der Waals surface area contributed by atoms with Crippen molar-refractivity contribution < 1.29 is 0 Å². The molecule has 0 amide bonds. The fourth-order valence-corrected chi connectivity index (χ4v) is 9.82. The highest BCUT2D eigenvalue weighted by Gasteiger charge is 2.22. The second-order valence-corrected chi connectivity index (χ2v) is 15.0. The highest BCUT2D eigenvalue weighted by molar-refractivity contribution is 8.00. The maximum Gasteiger partial charge on any atom is 0.0541 e. The van der Waals surface area contributed by atoms with Crippen LogP contribution in [-0.2, 0) is 0 Å². The largest absolute Gasteiger partial charge is 0.309 e. The van der Waals surface area contributed by atoms with Crippen molar-refractivity contribution in [2.24, 2.45) is 0 Å². The Hall–Kier alpha value is -5.74. The Morgan fingerprint density at radius 1 is 0.314 bits per heavy atom. The van der Waals surface area contributed by atoms with Gasteiger partial charge in [-0.05, 0) is 93.5 Å². The first kappa shape index (κ1) is 30.1. The lowest BCUT2D eigenvalue weighted by Gasteiger charge is -2.22. The zero-order valence-corrected chi connectivity index (χ0v) is 29.3. The van der Waals surface area contributed by atoms with Crippen LogP contribution in [0.5, 0.6) is 0 Å². The maximum absolute atomic E-state index is 2.41. The standard InChI is InChI=1S/C48H31NS2/c1-3-14-32(15-4-1)36-21-13-25-46-48(36)40-20-9-12-24-45(40)50-44-23-11-8-19-38(44)39-28-26-34(31-47(39)51-46)33-27-29-43-41(30-33)37-18-7-10-22-42(37)49(43)35-16-5-2-6-17-35/h1-31H. The van der Waals surface area contributed by atoms with Gasteiger partial charge in [-0.3, -0.25) is 0 Å². The molecule has 2 heterocycles. The molecular formula is C48H31NS2. The number of aromatic nitrogens is 1. The molecule has 0 aliphatic carbocycles. The van der Waals surface area contributed by atoms with Crippen LogP contribution in [0.4, 0.5) is 0 Å². The summed E-state index contributed by atoms with van der Waals surface area (Å²) < 4.78 is 2.38. The second-order valence-electron chi connectivity index (χ2n) is 12.9. The predicted octanol–water partition coefficient (Wildman–Crippen LogP) is 14.1. The number of rotatable bonds is 3. The van der Waals surface area contributed by atoms with Gasteiger partial charge >= 0.3 is 0 Å². The van der Waals surface area contributed by atoms with Crippen LogP contribution in [-0.4, -0.2) is 4.57 Å². The van der Waals surface area contributed by atoms with Crippen molar-refractivity contribution in [2.45, 2.75) is 19.6 Å². The normalized spacial score (nSPS) is 12.2. The number of hydrogen-bond donors (Lipinski definition) is 0. The van der Waals surface area contributed by atoms with E-state index in [9.17, 15) is 0 Å². The molecule has 1 aliphatic heterocycles. The van der Waals surface area contributed by atoms with Gasteiger partial charge in [-0.15, -0.1) is 0 Å². The molecule has 51 heavy (non-hydrogen) atoms. The lowest BCUT2D eigenvalue weighted by molar-refractivity contribution is 1.18. The first-order valence-electron chi connectivity index (χ1n) is 17.3. The minimum absolute atomic E-state index is 1.17. The molecule has 0 N–H and O–H groups in total. The number of nitrogens with zero attached hydrogens (tertiary/aromatic N) is 1. The summed E-state index contributed by atoms with van der Waals surface area (Å²) >= 11 is 3.74. The van der Waals surface area contributed by atoms with Crippen molar-refractivity contribution >= 4 is 45.3 Å². The van der Waals surface area contributed by atoms with Crippen LogP contribution in [0.25, 0.3) is 72.0 Å². The molecule has 1 nitrogen and oxygen atoms in total. The fourth-order valence-electron chi connectivity index (χ4n) is 7.55. The first-order valence-corrected chi connectivity index (χ1v) is 18.9. The molecule has 0 fully saturated rings. The minimum Gasteiger partial charge on any atom is -0.309 e. The van der Waals surface area contributed by atoms with Gasteiger partial charge in [-0.25, -0.2) is 0 Å². The van der Waals surface area contributed by atoms with Crippen molar-refractivity contribution in [1.29, 1.82) is 0 Å². The van der Waals surface area contributed by atoms with Crippen molar-refractivity contribution in [3.63, 3.8) is 0 Å². The average Bonchev–Trinajstić information content (AvgIpc) is 3.53. The van der Waals surface area contributed by atoms with E-state index < -0.39 is 0 Å². The Bertz CT molecular complexity index is 2740. The molecular weight excluding hydrogens is 655 g/mol. The zero-order chi connectivity index (χ0) is 33.7. The van der Waals surface area contributed by atoms with E-state index in [2.05, 4.69) is 193 Å². The van der Waals surface area contributed by atoms with Gasteiger partial charge < -0.3 is 4.57 Å². The lowest BCUT2D eigenvalue weighted by atomic mass is 9.94.